The predicted octanol–water partition coefficient (Wildman–Crippen LogP) is 4.00. The summed E-state index contributed by atoms with van der Waals surface area (Å²) in [5.41, 5.74) is 1.99. The second kappa shape index (κ2) is 8.30. The molecule has 5 heteroatoms. The van der Waals surface area contributed by atoms with Crippen LogP contribution in [0, 0.1) is 0 Å². The van der Waals surface area contributed by atoms with Gasteiger partial charge in [-0.05, 0) is 22.6 Å². The van der Waals surface area contributed by atoms with E-state index in [1.807, 2.05) is 72.4 Å². The number of imidazole rings is 1. The highest BCUT2D eigenvalue weighted by atomic mass is 16.5. The van der Waals surface area contributed by atoms with Crippen molar-refractivity contribution in [2.45, 2.75) is 32.2 Å². The number of hydrogen-bond donors (Lipinski definition) is 1. The lowest BCUT2D eigenvalue weighted by Gasteiger charge is -2.23. The zero-order valence-corrected chi connectivity index (χ0v) is 16.8. The van der Waals surface area contributed by atoms with E-state index in [0.29, 0.717) is 0 Å². The summed E-state index contributed by atoms with van der Waals surface area (Å²) in [6.07, 6.45) is 3.60. The smallest absolute Gasteiger partial charge is 0.258 e. The number of ether oxygens (including phenoxy) is 1. The fourth-order valence-electron chi connectivity index (χ4n) is 3.16. The molecule has 0 radical (unpaired) electrons. The van der Waals surface area contributed by atoms with Crippen molar-refractivity contribution < 1.29 is 9.53 Å². The van der Waals surface area contributed by atoms with Crippen LogP contribution in [0.3, 0.4) is 0 Å². The number of rotatable bonds is 6. The van der Waals surface area contributed by atoms with Crippen LogP contribution in [-0.4, -0.2) is 22.1 Å². The second-order valence-corrected chi connectivity index (χ2v) is 7.84. The molecule has 0 aliphatic rings. The first-order chi connectivity index (χ1) is 13.4. The molecule has 1 heterocycles. The first kappa shape index (κ1) is 19.7. The van der Waals surface area contributed by atoms with Crippen LogP contribution < -0.4 is 10.1 Å². The molecular formula is C23H27N3O2. The Bertz CT molecular complexity index is 926. The number of carbonyl (C=O) groups excluding carboxylic acids is 1. The van der Waals surface area contributed by atoms with Gasteiger partial charge in [0, 0.05) is 19.4 Å². The maximum absolute atomic E-state index is 12.7. The lowest BCUT2D eigenvalue weighted by molar-refractivity contribution is -0.123. The molecule has 0 fully saturated rings. The van der Waals surface area contributed by atoms with Crippen LogP contribution in [0.1, 0.15) is 43.8 Å². The fourth-order valence-corrected chi connectivity index (χ4v) is 3.16. The number of nitrogens with zero attached hydrogens (tertiary/aromatic N) is 2. The Hall–Kier alpha value is -3.08. The van der Waals surface area contributed by atoms with E-state index in [0.717, 1.165) is 22.7 Å². The molecule has 0 saturated heterocycles. The van der Waals surface area contributed by atoms with E-state index in [-0.39, 0.29) is 24.0 Å². The Balaban J connectivity index is 1.75. The summed E-state index contributed by atoms with van der Waals surface area (Å²) in [6.45, 7) is 6.33. The number of carbonyl (C=O) groups is 1. The van der Waals surface area contributed by atoms with Crippen molar-refractivity contribution in [3.05, 3.63) is 83.9 Å². The van der Waals surface area contributed by atoms with Crippen molar-refractivity contribution in [1.29, 1.82) is 0 Å². The molecule has 1 N–H and O–H groups in total. The lowest BCUT2D eigenvalue weighted by atomic mass is 9.86. The number of nitrogens with one attached hydrogen (secondary N) is 1. The van der Waals surface area contributed by atoms with E-state index in [1.165, 1.54) is 0 Å². The number of amides is 1. The molecule has 1 amide bonds. The van der Waals surface area contributed by atoms with Gasteiger partial charge in [0.05, 0.1) is 0 Å². The highest BCUT2D eigenvalue weighted by molar-refractivity contribution is 5.78. The monoisotopic (exact) mass is 377 g/mol. The summed E-state index contributed by atoms with van der Waals surface area (Å²) in [6, 6.07) is 17.3. The van der Waals surface area contributed by atoms with Gasteiger partial charge in [-0.25, -0.2) is 4.98 Å². The first-order valence-corrected chi connectivity index (χ1v) is 9.40. The fraction of sp³-hybridized carbons (Fsp3) is 0.304. The highest BCUT2D eigenvalue weighted by Gasteiger charge is 2.22. The van der Waals surface area contributed by atoms with Gasteiger partial charge in [0.15, 0.2) is 6.61 Å². The van der Waals surface area contributed by atoms with E-state index < -0.39 is 0 Å². The molecule has 5 nitrogen and oxygen atoms in total. The Morgan fingerprint density at radius 1 is 1.11 bits per heavy atom. The molecule has 3 aromatic rings. The Morgan fingerprint density at radius 3 is 2.43 bits per heavy atom. The standard InChI is InChI=1S/C23H27N3O2/c1-23(2,3)18-12-8-9-13-19(18)28-16-20(27)25-21(17-10-6-5-7-11-17)22-24-14-15-26(22)4/h5-15,21H,16H2,1-4H3,(H,25,27). The number of aromatic nitrogens is 2. The zero-order valence-electron chi connectivity index (χ0n) is 16.8. The van der Waals surface area contributed by atoms with E-state index in [4.69, 9.17) is 4.74 Å². The largest absolute Gasteiger partial charge is 0.483 e. The Kier molecular flexibility index (Phi) is 5.83. The van der Waals surface area contributed by atoms with Gasteiger partial charge in [0.1, 0.15) is 17.6 Å². The summed E-state index contributed by atoms with van der Waals surface area (Å²) in [4.78, 5) is 17.1. The summed E-state index contributed by atoms with van der Waals surface area (Å²) < 4.78 is 7.78. The van der Waals surface area contributed by atoms with Crippen molar-refractivity contribution >= 4 is 5.91 Å². The van der Waals surface area contributed by atoms with Crippen LogP contribution in [0.4, 0.5) is 0 Å². The van der Waals surface area contributed by atoms with Crippen LogP contribution in [0.15, 0.2) is 67.0 Å². The molecule has 1 aromatic heterocycles. The summed E-state index contributed by atoms with van der Waals surface area (Å²) in [7, 11) is 1.92. The van der Waals surface area contributed by atoms with Gasteiger partial charge >= 0.3 is 0 Å². The van der Waals surface area contributed by atoms with Crippen LogP contribution in [0.2, 0.25) is 0 Å². The number of para-hydroxylation sites is 1. The second-order valence-electron chi connectivity index (χ2n) is 7.84. The molecule has 28 heavy (non-hydrogen) atoms. The van der Waals surface area contributed by atoms with E-state index >= 15 is 0 Å². The molecule has 146 valence electrons. The van der Waals surface area contributed by atoms with E-state index in [1.54, 1.807) is 6.20 Å². The number of aryl methyl sites for hydroxylation is 1. The lowest BCUT2D eigenvalue weighted by Crippen LogP contribution is -2.34. The van der Waals surface area contributed by atoms with Gasteiger partial charge in [0.2, 0.25) is 0 Å². The van der Waals surface area contributed by atoms with Crippen LogP contribution in [-0.2, 0) is 17.3 Å². The van der Waals surface area contributed by atoms with Gasteiger partial charge in [-0.2, -0.15) is 0 Å². The third-order valence-electron chi connectivity index (χ3n) is 4.61. The number of hydrogen-bond acceptors (Lipinski definition) is 3. The molecule has 1 atom stereocenters. The normalized spacial score (nSPS) is 12.4. The molecular weight excluding hydrogens is 350 g/mol. The summed E-state index contributed by atoms with van der Waals surface area (Å²) in [5, 5.41) is 3.06. The van der Waals surface area contributed by atoms with Gasteiger partial charge in [-0.3, -0.25) is 4.79 Å². The molecule has 3 rings (SSSR count). The minimum atomic E-state index is -0.338. The quantitative estimate of drug-likeness (QED) is 0.706. The van der Waals surface area contributed by atoms with Gasteiger partial charge in [-0.15, -0.1) is 0 Å². The van der Waals surface area contributed by atoms with Crippen molar-refractivity contribution in [2.75, 3.05) is 6.61 Å². The maximum Gasteiger partial charge on any atom is 0.258 e. The summed E-state index contributed by atoms with van der Waals surface area (Å²) >= 11 is 0. The molecule has 0 aliphatic carbocycles. The van der Waals surface area contributed by atoms with Gasteiger partial charge < -0.3 is 14.6 Å². The Labute approximate surface area is 166 Å². The predicted molar refractivity (Wildman–Crippen MR) is 110 cm³/mol. The van der Waals surface area contributed by atoms with Crippen LogP contribution in [0.5, 0.6) is 5.75 Å². The highest BCUT2D eigenvalue weighted by Crippen LogP contribution is 2.31. The van der Waals surface area contributed by atoms with Gasteiger partial charge in [-0.1, -0.05) is 69.3 Å². The topological polar surface area (TPSA) is 56.2 Å². The Morgan fingerprint density at radius 2 is 1.79 bits per heavy atom. The van der Waals surface area contributed by atoms with E-state index in [2.05, 4.69) is 31.1 Å². The van der Waals surface area contributed by atoms with Crippen LogP contribution >= 0.6 is 0 Å². The minimum Gasteiger partial charge on any atom is -0.483 e. The van der Waals surface area contributed by atoms with Crippen molar-refractivity contribution in [3.8, 4) is 5.75 Å². The molecule has 0 spiro atoms. The average molecular weight is 377 g/mol. The van der Waals surface area contributed by atoms with Crippen molar-refractivity contribution in [3.63, 3.8) is 0 Å². The number of benzene rings is 2. The third-order valence-corrected chi connectivity index (χ3v) is 4.61. The molecule has 0 aliphatic heterocycles. The molecule has 0 bridgehead atoms. The minimum absolute atomic E-state index is 0.0547. The first-order valence-electron chi connectivity index (χ1n) is 9.40. The van der Waals surface area contributed by atoms with Gasteiger partial charge in [0.25, 0.3) is 5.91 Å². The molecule has 1 unspecified atom stereocenters. The van der Waals surface area contributed by atoms with Crippen LogP contribution in [0.25, 0.3) is 0 Å². The molecule has 2 aromatic carbocycles. The van der Waals surface area contributed by atoms with Crippen molar-refractivity contribution in [2.24, 2.45) is 7.05 Å². The zero-order chi connectivity index (χ0) is 20.1. The molecule has 0 saturated carbocycles. The SMILES string of the molecule is Cn1ccnc1C(NC(=O)COc1ccccc1C(C)(C)C)c1ccccc1. The third kappa shape index (κ3) is 4.60. The van der Waals surface area contributed by atoms with E-state index in [9.17, 15) is 4.79 Å². The summed E-state index contributed by atoms with van der Waals surface area (Å²) in [5.74, 6) is 1.31. The van der Waals surface area contributed by atoms with Crippen molar-refractivity contribution in [1.82, 2.24) is 14.9 Å². The average Bonchev–Trinajstić information content (AvgIpc) is 3.10. The maximum atomic E-state index is 12.7.